The van der Waals surface area contributed by atoms with Crippen molar-refractivity contribution in [3.8, 4) is 0 Å². The summed E-state index contributed by atoms with van der Waals surface area (Å²) in [4.78, 5) is 32.0. The third kappa shape index (κ3) is 3.39. The van der Waals surface area contributed by atoms with Crippen LogP contribution in [0.3, 0.4) is 0 Å². The van der Waals surface area contributed by atoms with Crippen LogP contribution in [-0.2, 0) is 19.1 Å². The number of hydrogen-bond acceptors (Lipinski definition) is 7. The number of allylic oxidation sites excluding steroid dienone is 1. The number of nitrogens with zero attached hydrogens (tertiary/aromatic N) is 3. The molecule has 3 heterocycles. The van der Waals surface area contributed by atoms with Crippen LogP contribution in [0.25, 0.3) is 0 Å². The van der Waals surface area contributed by atoms with Crippen LogP contribution in [0.1, 0.15) is 32.3 Å². The lowest BCUT2D eigenvalue weighted by Gasteiger charge is -2.38. The SMILES string of the molecule is CCOC(=O)C1=C(C)N2CCN=C2C(C(=O)OCC)C1c1ccc[n+]([O-])c1. The van der Waals surface area contributed by atoms with Gasteiger partial charge in [-0.25, -0.2) is 4.79 Å². The fraction of sp³-hybridized carbons (Fsp3) is 0.474. The molecule has 2 atom stereocenters. The van der Waals surface area contributed by atoms with Crippen molar-refractivity contribution in [1.29, 1.82) is 0 Å². The molecule has 1 aromatic heterocycles. The van der Waals surface area contributed by atoms with Gasteiger partial charge in [-0.1, -0.05) is 0 Å². The van der Waals surface area contributed by atoms with Gasteiger partial charge in [-0.05, 0) is 26.8 Å². The predicted molar refractivity (Wildman–Crippen MR) is 96.6 cm³/mol. The fourth-order valence-corrected chi connectivity index (χ4v) is 3.73. The Morgan fingerprint density at radius 3 is 2.74 bits per heavy atom. The molecule has 1 aromatic rings. The second-order valence-electron chi connectivity index (χ2n) is 6.32. The van der Waals surface area contributed by atoms with Gasteiger partial charge in [0, 0.05) is 29.8 Å². The lowest BCUT2D eigenvalue weighted by Crippen LogP contribution is -2.47. The van der Waals surface area contributed by atoms with E-state index >= 15 is 0 Å². The van der Waals surface area contributed by atoms with Gasteiger partial charge in [0.15, 0.2) is 12.4 Å². The molecular weight excluding hydrogens is 350 g/mol. The zero-order chi connectivity index (χ0) is 19.6. The lowest BCUT2D eigenvalue weighted by atomic mass is 9.76. The van der Waals surface area contributed by atoms with Crippen molar-refractivity contribution in [2.45, 2.75) is 26.7 Å². The maximum atomic E-state index is 12.9. The Bertz CT molecular complexity index is 817. The largest absolute Gasteiger partial charge is 0.619 e. The molecule has 0 N–H and O–H groups in total. The van der Waals surface area contributed by atoms with E-state index in [-0.39, 0.29) is 13.2 Å². The zero-order valence-corrected chi connectivity index (χ0v) is 15.7. The number of aromatic nitrogens is 1. The Labute approximate surface area is 157 Å². The first-order chi connectivity index (χ1) is 13.0. The highest BCUT2D eigenvalue weighted by Gasteiger charge is 2.49. The number of ether oxygens (including phenoxy) is 2. The topological polar surface area (TPSA) is 95.1 Å². The predicted octanol–water partition coefficient (Wildman–Crippen LogP) is 1.15. The van der Waals surface area contributed by atoms with E-state index in [0.717, 1.165) is 0 Å². The van der Waals surface area contributed by atoms with Gasteiger partial charge in [-0.15, -0.1) is 0 Å². The normalized spacial score (nSPS) is 21.6. The monoisotopic (exact) mass is 373 g/mol. The summed E-state index contributed by atoms with van der Waals surface area (Å²) in [6.45, 7) is 6.81. The number of amidine groups is 1. The van der Waals surface area contributed by atoms with Crippen LogP contribution >= 0.6 is 0 Å². The van der Waals surface area contributed by atoms with E-state index < -0.39 is 23.8 Å². The second-order valence-corrected chi connectivity index (χ2v) is 6.32. The molecule has 8 nitrogen and oxygen atoms in total. The molecule has 0 saturated carbocycles. The van der Waals surface area contributed by atoms with Crippen LogP contribution in [0, 0.1) is 11.1 Å². The van der Waals surface area contributed by atoms with Crippen molar-refractivity contribution in [2.24, 2.45) is 10.9 Å². The van der Waals surface area contributed by atoms with Crippen molar-refractivity contribution in [3.05, 3.63) is 46.6 Å². The first-order valence-corrected chi connectivity index (χ1v) is 9.04. The third-order valence-electron chi connectivity index (χ3n) is 4.78. The number of hydrogen-bond donors (Lipinski definition) is 0. The smallest absolute Gasteiger partial charge is 0.336 e. The van der Waals surface area contributed by atoms with Gasteiger partial charge in [0.1, 0.15) is 11.8 Å². The van der Waals surface area contributed by atoms with Crippen LogP contribution in [-0.4, -0.2) is 49.0 Å². The Kier molecular flexibility index (Phi) is 5.43. The van der Waals surface area contributed by atoms with E-state index in [9.17, 15) is 14.8 Å². The Hall–Kier alpha value is -2.90. The first kappa shape index (κ1) is 18.9. The molecule has 2 aliphatic rings. The van der Waals surface area contributed by atoms with Gasteiger partial charge < -0.3 is 19.6 Å². The van der Waals surface area contributed by atoms with Crippen molar-refractivity contribution in [2.75, 3.05) is 26.3 Å². The molecule has 0 bridgehead atoms. The molecule has 3 rings (SSSR count). The molecule has 0 radical (unpaired) electrons. The van der Waals surface area contributed by atoms with Gasteiger partial charge in [-0.3, -0.25) is 9.79 Å². The quantitative estimate of drug-likeness (QED) is 0.436. The first-order valence-electron chi connectivity index (χ1n) is 9.04. The van der Waals surface area contributed by atoms with E-state index in [1.807, 2.05) is 11.8 Å². The van der Waals surface area contributed by atoms with Crippen LogP contribution in [0.15, 0.2) is 40.8 Å². The summed E-state index contributed by atoms with van der Waals surface area (Å²) in [5.74, 6) is -1.90. The van der Waals surface area contributed by atoms with Crippen LogP contribution in [0.4, 0.5) is 0 Å². The second kappa shape index (κ2) is 7.77. The van der Waals surface area contributed by atoms with E-state index in [2.05, 4.69) is 4.99 Å². The molecule has 0 amide bonds. The Balaban J connectivity index is 2.21. The maximum Gasteiger partial charge on any atom is 0.336 e. The zero-order valence-electron chi connectivity index (χ0n) is 15.7. The van der Waals surface area contributed by atoms with Crippen molar-refractivity contribution >= 4 is 17.8 Å². The van der Waals surface area contributed by atoms with E-state index in [0.29, 0.717) is 40.5 Å². The van der Waals surface area contributed by atoms with E-state index in [1.165, 1.54) is 12.4 Å². The average Bonchev–Trinajstić information content (AvgIpc) is 3.11. The molecule has 0 aliphatic carbocycles. The Morgan fingerprint density at radius 1 is 1.33 bits per heavy atom. The van der Waals surface area contributed by atoms with Crippen molar-refractivity contribution in [1.82, 2.24) is 4.90 Å². The molecule has 2 aliphatic heterocycles. The molecule has 0 spiro atoms. The molecule has 0 aromatic carbocycles. The van der Waals surface area contributed by atoms with E-state index in [1.54, 1.807) is 26.0 Å². The highest BCUT2D eigenvalue weighted by Crippen LogP contribution is 2.42. The summed E-state index contributed by atoms with van der Waals surface area (Å²) < 4.78 is 11.2. The number of pyridine rings is 1. The molecule has 0 saturated heterocycles. The summed E-state index contributed by atoms with van der Waals surface area (Å²) in [6, 6.07) is 3.31. The molecular formula is C19H23N3O5. The average molecular weight is 373 g/mol. The van der Waals surface area contributed by atoms with Crippen LogP contribution in [0.2, 0.25) is 0 Å². The Morgan fingerprint density at radius 2 is 2.07 bits per heavy atom. The highest BCUT2D eigenvalue weighted by atomic mass is 16.5. The van der Waals surface area contributed by atoms with Gasteiger partial charge in [-0.2, -0.15) is 4.73 Å². The number of fused-ring (bicyclic) bond motifs is 1. The summed E-state index contributed by atoms with van der Waals surface area (Å²) in [5.41, 5.74) is 1.60. The number of carbonyl (C=O) groups excluding carboxylic acids is 2. The minimum atomic E-state index is -0.807. The molecule has 0 fully saturated rings. The molecule has 2 unspecified atom stereocenters. The molecule has 144 valence electrons. The lowest BCUT2D eigenvalue weighted by molar-refractivity contribution is -0.605. The minimum Gasteiger partial charge on any atom is -0.619 e. The molecule has 8 heteroatoms. The standard InChI is InChI=1S/C19H23N3O5/c1-4-26-18(23)14-12(3)22-10-8-20-17(22)16(19(24)27-5-2)15(14)13-7-6-9-21(25)11-13/h6-7,9,11,15-16H,4-5,8,10H2,1-3H3. The van der Waals surface area contributed by atoms with Gasteiger partial charge in [0.25, 0.3) is 0 Å². The van der Waals surface area contributed by atoms with Gasteiger partial charge >= 0.3 is 11.9 Å². The van der Waals surface area contributed by atoms with Crippen molar-refractivity contribution < 1.29 is 23.8 Å². The van der Waals surface area contributed by atoms with E-state index in [4.69, 9.17) is 9.47 Å². The summed E-state index contributed by atoms with van der Waals surface area (Å²) in [6.07, 6.45) is 2.72. The van der Waals surface area contributed by atoms with Crippen molar-refractivity contribution in [3.63, 3.8) is 0 Å². The summed E-state index contributed by atoms with van der Waals surface area (Å²) in [5, 5.41) is 11.9. The van der Waals surface area contributed by atoms with Gasteiger partial charge in [0.2, 0.25) is 0 Å². The summed E-state index contributed by atoms with van der Waals surface area (Å²) >= 11 is 0. The highest BCUT2D eigenvalue weighted by molar-refractivity contribution is 6.08. The maximum absolute atomic E-state index is 12.9. The number of carbonyl (C=O) groups is 2. The number of esters is 2. The van der Waals surface area contributed by atoms with Crippen LogP contribution in [0.5, 0.6) is 0 Å². The minimum absolute atomic E-state index is 0.211. The molecule has 27 heavy (non-hydrogen) atoms. The van der Waals surface area contributed by atoms with Crippen LogP contribution < -0.4 is 4.73 Å². The third-order valence-corrected chi connectivity index (χ3v) is 4.78. The number of rotatable bonds is 5. The number of aliphatic imine (C=N–C) groups is 1. The fourth-order valence-electron chi connectivity index (χ4n) is 3.73. The van der Waals surface area contributed by atoms with Gasteiger partial charge in [0.05, 0.1) is 25.3 Å². The summed E-state index contributed by atoms with van der Waals surface area (Å²) in [7, 11) is 0.